The molecule has 2 aromatic carbocycles. The SMILES string of the molecule is Cc1ccc2c(c1)C(=O)c1c(ccc(O)c1O)C2=O. The van der Waals surface area contributed by atoms with E-state index in [0.717, 1.165) is 5.56 Å². The minimum atomic E-state index is -0.539. The van der Waals surface area contributed by atoms with Gasteiger partial charge < -0.3 is 10.2 Å². The first kappa shape index (κ1) is 11.5. The maximum Gasteiger partial charge on any atom is 0.198 e. The van der Waals surface area contributed by atoms with Crippen molar-refractivity contribution >= 4 is 11.6 Å². The molecule has 0 spiro atoms. The Balaban J connectivity index is 2.36. The Labute approximate surface area is 108 Å². The summed E-state index contributed by atoms with van der Waals surface area (Å²) in [6.45, 7) is 1.82. The Bertz CT molecular complexity index is 744. The normalized spacial score (nSPS) is 13.1. The lowest BCUT2D eigenvalue weighted by atomic mass is 9.83. The second-order valence-electron chi connectivity index (χ2n) is 4.56. The molecular formula is C15H10O4. The van der Waals surface area contributed by atoms with Crippen LogP contribution in [0.15, 0.2) is 30.3 Å². The van der Waals surface area contributed by atoms with Crippen LogP contribution in [0, 0.1) is 6.92 Å². The van der Waals surface area contributed by atoms with Gasteiger partial charge in [-0.15, -0.1) is 0 Å². The van der Waals surface area contributed by atoms with Crippen LogP contribution in [0.3, 0.4) is 0 Å². The van der Waals surface area contributed by atoms with Gasteiger partial charge in [-0.2, -0.15) is 0 Å². The molecule has 0 aromatic heterocycles. The third-order valence-electron chi connectivity index (χ3n) is 3.29. The van der Waals surface area contributed by atoms with Crippen molar-refractivity contribution in [2.24, 2.45) is 0 Å². The summed E-state index contributed by atoms with van der Waals surface area (Å²) < 4.78 is 0. The summed E-state index contributed by atoms with van der Waals surface area (Å²) in [7, 11) is 0. The molecule has 2 N–H and O–H groups in total. The summed E-state index contributed by atoms with van der Waals surface area (Å²) in [4.78, 5) is 24.6. The monoisotopic (exact) mass is 254 g/mol. The van der Waals surface area contributed by atoms with Crippen LogP contribution in [0.2, 0.25) is 0 Å². The number of aryl methyl sites for hydroxylation is 1. The van der Waals surface area contributed by atoms with E-state index in [9.17, 15) is 19.8 Å². The lowest BCUT2D eigenvalue weighted by molar-refractivity contribution is 0.0976. The summed E-state index contributed by atoms with van der Waals surface area (Å²) >= 11 is 0. The molecular weight excluding hydrogens is 244 g/mol. The predicted octanol–water partition coefficient (Wildman–Crippen LogP) is 2.18. The predicted molar refractivity (Wildman–Crippen MR) is 67.8 cm³/mol. The molecule has 0 radical (unpaired) electrons. The molecule has 3 rings (SSSR count). The fourth-order valence-electron chi connectivity index (χ4n) is 2.32. The number of rotatable bonds is 0. The van der Waals surface area contributed by atoms with Crippen molar-refractivity contribution in [3.05, 3.63) is 58.1 Å². The van der Waals surface area contributed by atoms with Crippen LogP contribution in [0.4, 0.5) is 0 Å². The first-order valence-corrected chi connectivity index (χ1v) is 5.75. The van der Waals surface area contributed by atoms with Gasteiger partial charge in [0.25, 0.3) is 0 Å². The van der Waals surface area contributed by atoms with Gasteiger partial charge in [-0.05, 0) is 25.1 Å². The van der Waals surface area contributed by atoms with Gasteiger partial charge in [0.1, 0.15) is 0 Å². The Morgan fingerprint density at radius 1 is 0.842 bits per heavy atom. The molecule has 0 unspecified atom stereocenters. The summed E-state index contributed by atoms with van der Waals surface area (Å²) in [6.07, 6.45) is 0. The van der Waals surface area contributed by atoms with Crippen LogP contribution < -0.4 is 0 Å². The van der Waals surface area contributed by atoms with E-state index in [1.54, 1.807) is 18.2 Å². The standard InChI is InChI=1S/C15H10O4/c1-7-2-3-8-10(6-7)14(18)12-9(13(8)17)4-5-11(16)15(12)19/h2-6,16,19H,1H3. The highest BCUT2D eigenvalue weighted by molar-refractivity contribution is 6.29. The maximum absolute atomic E-state index is 12.4. The highest BCUT2D eigenvalue weighted by Gasteiger charge is 2.32. The molecule has 0 aliphatic heterocycles. The van der Waals surface area contributed by atoms with Crippen LogP contribution in [0.1, 0.15) is 37.4 Å². The Kier molecular flexibility index (Phi) is 2.22. The lowest BCUT2D eigenvalue weighted by Gasteiger charge is -2.19. The number of hydrogen-bond donors (Lipinski definition) is 2. The number of carbonyl (C=O) groups is 2. The molecule has 4 nitrogen and oxygen atoms in total. The average Bonchev–Trinajstić information content (AvgIpc) is 2.39. The molecule has 94 valence electrons. The molecule has 4 heteroatoms. The number of fused-ring (bicyclic) bond motifs is 2. The van der Waals surface area contributed by atoms with E-state index in [4.69, 9.17) is 0 Å². The summed E-state index contributed by atoms with van der Waals surface area (Å²) in [5.41, 5.74) is 1.44. The van der Waals surface area contributed by atoms with Crippen molar-refractivity contribution in [3.8, 4) is 11.5 Å². The Morgan fingerprint density at radius 2 is 1.53 bits per heavy atom. The van der Waals surface area contributed by atoms with E-state index in [-0.39, 0.29) is 22.5 Å². The van der Waals surface area contributed by atoms with E-state index in [1.165, 1.54) is 12.1 Å². The lowest BCUT2D eigenvalue weighted by Crippen LogP contribution is -2.21. The zero-order valence-electron chi connectivity index (χ0n) is 10.1. The van der Waals surface area contributed by atoms with Crippen molar-refractivity contribution in [1.82, 2.24) is 0 Å². The maximum atomic E-state index is 12.4. The summed E-state index contributed by atoms with van der Waals surface area (Å²) in [5.74, 6) is -1.71. The number of phenols is 2. The molecule has 0 saturated carbocycles. The number of hydrogen-bond acceptors (Lipinski definition) is 4. The van der Waals surface area contributed by atoms with Gasteiger partial charge in [0.05, 0.1) is 5.56 Å². The molecule has 0 saturated heterocycles. The molecule has 0 fully saturated rings. The van der Waals surface area contributed by atoms with Crippen molar-refractivity contribution in [2.45, 2.75) is 6.92 Å². The number of aromatic hydroxyl groups is 2. The van der Waals surface area contributed by atoms with Crippen molar-refractivity contribution in [3.63, 3.8) is 0 Å². The number of phenolic OH excluding ortho intramolecular Hbond substituents is 2. The fraction of sp³-hybridized carbons (Fsp3) is 0.0667. The van der Waals surface area contributed by atoms with E-state index in [1.807, 2.05) is 6.92 Å². The highest BCUT2D eigenvalue weighted by atomic mass is 16.3. The molecule has 1 aliphatic rings. The van der Waals surface area contributed by atoms with E-state index < -0.39 is 17.3 Å². The van der Waals surface area contributed by atoms with Gasteiger partial charge in [0.2, 0.25) is 0 Å². The molecule has 19 heavy (non-hydrogen) atoms. The van der Waals surface area contributed by atoms with Gasteiger partial charge in [-0.3, -0.25) is 9.59 Å². The second-order valence-corrected chi connectivity index (χ2v) is 4.56. The van der Waals surface area contributed by atoms with Crippen LogP contribution >= 0.6 is 0 Å². The quantitative estimate of drug-likeness (QED) is 0.603. The van der Waals surface area contributed by atoms with E-state index >= 15 is 0 Å². The average molecular weight is 254 g/mol. The minimum Gasteiger partial charge on any atom is -0.504 e. The largest absolute Gasteiger partial charge is 0.504 e. The minimum absolute atomic E-state index is 0.122. The Hall–Kier alpha value is -2.62. The molecule has 0 heterocycles. The van der Waals surface area contributed by atoms with Crippen LogP contribution in [-0.2, 0) is 0 Å². The van der Waals surface area contributed by atoms with Gasteiger partial charge in [-0.25, -0.2) is 0 Å². The fourth-order valence-corrected chi connectivity index (χ4v) is 2.32. The molecule has 0 bridgehead atoms. The first-order chi connectivity index (χ1) is 9.00. The van der Waals surface area contributed by atoms with Crippen molar-refractivity contribution in [2.75, 3.05) is 0 Å². The third-order valence-corrected chi connectivity index (χ3v) is 3.29. The highest BCUT2D eigenvalue weighted by Crippen LogP contribution is 2.37. The number of benzene rings is 2. The summed E-state index contributed by atoms with van der Waals surface area (Å²) in [5, 5.41) is 19.3. The van der Waals surface area contributed by atoms with Crippen LogP contribution in [0.25, 0.3) is 0 Å². The number of ketones is 2. The van der Waals surface area contributed by atoms with Gasteiger partial charge in [0, 0.05) is 16.7 Å². The van der Waals surface area contributed by atoms with Crippen LogP contribution in [0.5, 0.6) is 11.5 Å². The summed E-state index contributed by atoms with van der Waals surface area (Å²) in [6, 6.07) is 7.54. The smallest absolute Gasteiger partial charge is 0.198 e. The van der Waals surface area contributed by atoms with Crippen molar-refractivity contribution < 1.29 is 19.8 Å². The van der Waals surface area contributed by atoms with Crippen LogP contribution in [-0.4, -0.2) is 21.8 Å². The topological polar surface area (TPSA) is 74.6 Å². The first-order valence-electron chi connectivity index (χ1n) is 5.75. The zero-order valence-corrected chi connectivity index (χ0v) is 10.1. The van der Waals surface area contributed by atoms with E-state index in [2.05, 4.69) is 0 Å². The van der Waals surface area contributed by atoms with Gasteiger partial charge in [0.15, 0.2) is 23.1 Å². The molecule has 1 aliphatic carbocycles. The molecule has 2 aromatic rings. The second kappa shape index (κ2) is 3.68. The Morgan fingerprint density at radius 3 is 2.26 bits per heavy atom. The number of carbonyl (C=O) groups excluding carboxylic acids is 2. The van der Waals surface area contributed by atoms with Gasteiger partial charge in [-0.1, -0.05) is 17.7 Å². The molecule has 0 atom stereocenters. The third kappa shape index (κ3) is 1.46. The van der Waals surface area contributed by atoms with Crippen molar-refractivity contribution in [1.29, 1.82) is 0 Å². The van der Waals surface area contributed by atoms with E-state index in [0.29, 0.717) is 5.56 Å². The van der Waals surface area contributed by atoms with Gasteiger partial charge >= 0.3 is 0 Å². The zero-order chi connectivity index (χ0) is 13.7. The molecule has 0 amide bonds.